The highest BCUT2D eigenvalue weighted by atomic mass is 32.1. The van der Waals surface area contributed by atoms with Crippen molar-refractivity contribution in [3.8, 4) is 0 Å². The average Bonchev–Trinajstić information content (AvgIpc) is 2.73. The average molecular weight is 514 g/mol. The molecule has 0 spiro atoms. The number of amides is 1. The summed E-state index contributed by atoms with van der Waals surface area (Å²) in [6.45, 7) is 14.0. The fourth-order valence-corrected chi connectivity index (χ4v) is 8.02. The summed E-state index contributed by atoms with van der Waals surface area (Å²) in [4.78, 5) is 11.9. The summed E-state index contributed by atoms with van der Waals surface area (Å²) < 4.78 is 25.7. The van der Waals surface area contributed by atoms with Gasteiger partial charge in [0.05, 0.1) is 5.41 Å². The fraction of sp³-hybridized carbons (Fsp3) is 0.952. The first-order valence-electron chi connectivity index (χ1n) is 11.8. The van der Waals surface area contributed by atoms with Gasteiger partial charge >= 0.3 is 8.56 Å². The molecule has 0 aromatic heterocycles. The van der Waals surface area contributed by atoms with Crippen molar-refractivity contribution in [2.45, 2.75) is 84.7 Å². The molecule has 0 aliphatic rings. The van der Waals surface area contributed by atoms with Crippen molar-refractivity contribution >= 4 is 49.5 Å². The lowest BCUT2D eigenvalue weighted by Crippen LogP contribution is -2.61. The Morgan fingerprint density at radius 2 is 1.74 bits per heavy atom. The summed E-state index contributed by atoms with van der Waals surface area (Å²) in [5, 5.41) is 3.05. The molecule has 1 N–H and O–H groups in total. The molecule has 186 valence electrons. The number of unbranched alkanes of at least 4 members (excludes halogenated alkanes) is 1. The van der Waals surface area contributed by atoms with Crippen molar-refractivity contribution in [2.75, 3.05) is 37.9 Å². The Morgan fingerprint density at radius 1 is 1.06 bits per heavy atom. The molecular formula is C21H47NO5S2Si2. The van der Waals surface area contributed by atoms with E-state index in [1.165, 1.54) is 0 Å². The molecule has 0 aliphatic carbocycles. The van der Waals surface area contributed by atoms with Gasteiger partial charge < -0.3 is 23.3 Å². The van der Waals surface area contributed by atoms with Gasteiger partial charge in [0.15, 0.2) is 15.6 Å². The molecule has 0 saturated carbocycles. The lowest BCUT2D eigenvalue weighted by Gasteiger charge is -2.51. The summed E-state index contributed by atoms with van der Waals surface area (Å²) in [5.74, 6) is 0.772. The highest BCUT2D eigenvalue weighted by Gasteiger charge is 2.53. The zero-order valence-electron chi connectivity index (χ0n) is 20.6. The van der Waals surface area contributed by atoms with Crippen LogP contribution in [0.3, 0.4) is 0 Å². The topological polar surface area (TPSA) is 66.0 Å². The van der Waals surface area contributed by atoms with Gasteiger partial charge in [-0.1, -0.05) is 13.5 Å². The minimum Gasteiger partial charge on any atom is -0.397 e. The molecule has 3 unspecified atom stereocenters. The standard InChI is InChI=1S/C21H47NO5S2Si2/c1-7-20(17-22-19(4)23,18-26-31(6,25-9-3)16-12-15-29)21(24-8-2,27-30-5)13-10-11-14-28/h28-29H,7-18,30H2,1-6H3,(H,22,23). The zero-order valence-corrected chi connectivity index (χ0v) is 24.8. The van der Waals surface area contributed by atoms with E-state index in [9.17, 15) is 4.79 Å². The largest absolute Gasteiger partial charge is 0.397 e. The van der Waals surface area contributed by atoms with Crippen molar-refractivity contribution in [1.29, 1.82) is 0 Å². The fourth-order valence-electron chi connectivity index (χ4n) is 3.96. The SMILES string of the molecule is CCOC(CCCCS)(O[SiH2]C)C(CC)(CNC(C)=O)CO[Si](C)(CCCS)OCC. The Morgan fingerprint density at radius 3 is 2.23 bits per heavy atom. The van der Waals surface area contributed by atoms with E-state index < -0.39 is 29.5 Å². The molecule has 0 saturated heterocycles. The van der Waals surface area contributed by atoms with Crippen LogP contribution in [0.25, 0.3) is 0 Å². The molecule has 3 atom stereocenters. The molecule has 0 fully saturated rings. The van der Waals surface area contributed by atoms with Crippen LogP contribution in [-0.4, -0.2) is 67.9 Å². The highest BCUT2D eigenvalue weighted by molar-refractivity contribution is 7.80. The first-order chi connectivity index (χ1) is 14.7. The molecule has 10 heteroatoms. The van der Waals surface area contributed by atoms with Gasteiger partial charge in [-0.2, -0.15) is 25.3 Å². The third-order valence-electron chi connectivity index (χ3n) is 5.72. The van der Waals surface area contributed by atoms with Gasteiger partial charge in [-0.15, -0.1) is 0 Å². The maximum absolute atomic E-state index is 11.9. The Hall–Kier alpha value is 0.444. The molecule has 1 amide bonds. The van der Waals surface area contributed by atoms with Crippen LogP contribution in [0.4, 0.5) is 0 Å². The predicted octanol–water partition coefficient (Wildman–Crippen LogP) is 3.95. The highest BCUT2D eigenvalue weighted by Crippen LogP contribution is 2.43. The summed E-state index contributed by atoms with van der Waals surface area (Å²) in [6, 6.07) is 0.884. The molecule has 6 nitrogen and oxygen atoms in total. The van der Waals surface area contributed by atoms with Gasteiger partial charge in [0, 0.05) is 39.7 Å². The third kappa shape index (κ3) is 10.5. The summed E-state index contributed by atoms with van der Waals surface area (Å²) in [7, 11) is -3.18. The maximum Gasteiger partial charge on any atom is 0.334 e. The smallest absolute Gasteiger partial charge is 0.334 e. The van der Waals surface area contributed by atoms with Crippen LogP contribution in [-0.2, 0) is 22.8 Å². The molecule has 0 bridgehead atoms. The van der Waals surface area contributed by atoms with Crippen molar-refractivity contribution in [2.24, 2.45) is 5.41 Å². The Bertz CT molecular complexity index is 487. The van der Waals surface area contributed by atoms with Gasteiger partial charge in [0.25, 0.3) is 0 Å². The van der Waals surface area contributed by atoms with E-state index in [0.717, 1.165) is 49.7 Å². The molecule has 0 aromatic carbocycles. The molecule has 0 heterocycles. The van der Waals surface area contributed by atoms with Gasteiger partial charge in [0.1, 0.15) is 0 Å². The normalized spacial score (nSPS) is 17.9. The number of rotatable bonds is 20. The predicted molar refractivity (Wildman–Crippen MR) is 141 cm³/mol. The molecule has 0 rings (SSSR count). The lowest BCUT2D eigenvalue weighted by molar-refractivity contribution is -0.267. The van der Waals surface area contributed by atoms with E-state index in [1.54, 1.807) is 6.92 Å². The number of hydrogen-bond donors (Lipinski definition) is 3. The molecule has 0 aromatic rings. The Balaban J connectivity index is 6.11. The second kappa shape index (κ2) is 17.0. The summed E-state index contributed by atoms with van der Waals surface area (Å²) in [5.41, 5.74) is -0.513. The minimum absolute atomic E-state index is 0.0628. The number of nitrogens with one attached hydrogen (secondary N) is 1. The van der Waals surface area contributed by atoms with Crippen LogP contribution >= 0.6 is 25.3 Å². The first kappa shape index (κ1) is 31.4. The number of hydrogen-bond acceptors (Lipinski definition) is 7. The van der Waals surface area contributed by atoms with E-state index in [0.29, 0.717) is 26.4 Å². The van der Waals surface area contributed by atoms with Crippen LogP contribution in [0, 0.1) is 5.41 Å². The molecular weight excluding hydrogens is 467 g/mol. The Kier molecular flexibility index (Phi) is 17.2. The van der Waals surface area contributed by atoms with E-state index in [-0.39, 0.29) is 5.91 Å². The van der Waals surface area contributed by atoms with E-state index >= 15 is 0 Å². The van der Waals surface area contributed by atoms with Crippen LogP contribution in [0.15, 0.2) is 0 Å². The molecule has 0 aliphatic heterocycles. The number of carbonyl (C=O) groups excluding carboxylic acids is 1. The maximum atomic E-state index is 11.9. The number of ether oxygens (including phenoxy) is 1. The van der Waals surface area contributed by atoms with Gasteiger partial charge in [-0.05, 0) is 63.6 Å². The third-order valence-corrected chi connectivity index (χ3v) is 10.0. The van der Waals surface area contributed by atoms with Crippen molar-refractivity contribution < 1.29 is 22.8 Å². The molecule has 31 heavy (non-hydrogen) atoms. The van der Waals surface area contributed by atoms with E-state index in [4.69, 9.17) is 18.0 Å². The van der Waals surface area contributed by atoms with Crippen LogP contribution in [0.1, 0.15) is 59.8 Å². The van der Waals surface area contributed by atoms with Crippen LogP contribution in [0.5, 0.6) is 0 Å². The monoisotopic (exact) mass is 513 g/mol. The van der Waals surface area contributed by atoms with Gasteiger partial charge in [-0.25, -0.2) is 0 Å². The van der Waals surface area contributed by atoms with Gasteiger partial charge in [0.2, 0.25) is 5.91 Å². The first-order valence-corrected chi connectivity index (χ1v) is 17.5. The number of carbonyl (C=O) groups is 1. The minimum atomic E-state index is -2.39. The summed E-state index contributed by atoms with van der Waals surface area (Å²) in [6.07, 6.45) is 4.39. The van der Waals surface area contributed by atoms with Crippen LogP contribution < -0.4 is 5.32 Å². The van der Waals surface area contributed by atoms with Crippen molar-refractivity contribution in [3.63, 3.8) is 0 Å². The number of thiol groups is 2. The van der Waals surface area contributed by atoms with Gasteiger partial charge in [-0.3, -0.25) is 4.79 Å². The van der Waals surface area contributed by atoms with E-state index in [1.807, 2.05) is 13.8 Å². The second-order valence-corrected chi connectivity index (χ2v) is 13.1. The van der Waals surface area contributed by atoms with E-state index in [2.05, 4.69) is 50.6 Å². The van der Waals surface area contributed by atoms with Crippen LogP contribution in [0.2, 0.25) is 19.1 Å². The Labute approximate surface area is 205 Å². The zero-order chi connectivity index (χ0) is 23.8. The second-order valence-electron chi connectivity index (χ2n) is 8.03. The lowest BCUT2D eigenvalue weighted by atomic mass is 9.74. The summed E-state index contributed by atoms with van der Waals surface area (Å²) >= 11 is 8.75. The quantitative estimate of drug-likeness (QED) is 0.0996. The van der Waals surface area contributed by atoms with Crippen molar-refractivity contribution in [1.82, 2.24) is 5.32 Å². The molecule has 0 radical (unpaired) electrons. The van der Waals surface area contributed by atoms with Crippen molar-refractivity contribution in [3.05, 3.63) is 0 Å².